The maximum atomic E-state index is 15.3. The lowest BCUT2D eigenvalue weighted by molar-refractivity contribution is -0.129. The molecule has 1 saturated heterocycles. The summed E-state index contributed by atoms with van der Waals surface area (Å²) in [4.78, 5) is 27.4. The highest BCUT2D eigenvalue weighted by Gasteiger charge is 2.43. The van der Waals surface area contributed by atoms with Gasteiger partial charge in [0.2, 0.25) is 0 Å². The van der Waals surface area contributed by atoms with Gasteiger partial charge < -0.3 is 19.9 Å². The molecule has 2 unspecified atom stereocenters. The Kier molecular flexibility index (Phi) is 9.72. The number of amides is 2. The monoisotopic (exact) mass is 596 g/mol. The number of benzene rings is 4. The minimum absolute atomic E-state index is 0.201. The van der Waals surface area contributed by atoms with E-state index in [4.69, 9.17) is 9.47 Å². The molecule has 1 aliphatic heterocycles. The normalized spacial score (nSPS) is 16.5. The number of ether oxygens (including phenoxy) is 2. The molecule has 0 saturated carbocycles. The number of carboxylic acid groups (broad SMARTS) is 1. The zero-order valence-electron chi connectivity index (χ0n) is 24.9. The molecule has 2 N–H and O–H groups in total. The number of nitrogens with one attached hydrogen (secondary N) is 1. The van der Waals surface area contributed by atoms with E-state index in [9.17, 15) is 14.7 Å². The van der Waals surface area contributed by atoms with Crippen LogP contribution in [0.25, 0.3) is 0 Å². The number of nitrogens with zero attached hydrogens (tertiary/aromatic N) is 1. The molecule has 0 aromatic heterocycles. The van der Waals surface area contributed by atoms with Crippen molar-refractivity contribution in [3.05, 3.63) is 137 Å². The van der Waals surface area contributed by atoms with Crippen LogP contribution in [0, 0.1) is 5.82 Å². The number of hydrogen-bond acceptors (Lipinski definition) is 4. The van der Waals surface area contributed by atoms with Gasteiger partial charge in [0.1, 0.15) is 17.6 Å². The van der Waals surface area contributed by atoms with Crippen molar-refractivity contribution in [1.29, 1.82) is 0 Å². The van der Waals surface area contributed by atoms with E-state index in [2.05, 4.69) is 5.32 Å². The fraction of sp³-hybridized carbons (Fsp3) is 0.278. The van der Waals surface area contributed by atoms with E-state index < -0.39 is 41.6 Å². The molecule has 1 aliphatic rings. The van der Waals surface area contributed by atoms with Crippen LogP contribution < -0.4 is 5.32 Å². The van der Waals surface area contributed by atoms with Crippen LogP contribution >= 0.6 is 0 Å². The Bertz CT molecular complexity index is 1510. The zero-order valence-corrected chi connectivity index (χ0v) is 24.9. The van der Waals surface area contributed by atoms with Crippen molar-refractivity contribution in [3.63, 3.8) is 0 Å². The van der Waals surface area contributed by atoms with Crippen LogP contribution in [0.2, 0.25) is 0 Å². The summed E-state index contributed by atoms with van der Waals surface area (Å²) in [6.45, 7) is 3.80. The smallest absolute Gasteiger partial charge is 0.409 e. The first-order valence-electron chi connectivity index (χ1n) is 14.7. The SMILES string of the molecule is CC1(C)OCC(CCc2c(F)cccc2NC(=O)C(OCc2ccccc2)C(c2ccccc2)c2ccccc2)N1C(=O)O. The molecule has 1 heterocycles. The Hall–Kier alpha value is -4.53. The average Bonchev–Trinajstić information content (AvgIpc) is 3.34. The molecular formula is C36H37FN2O5. The van der Waals surface area contributed by atoms with Crippen molar-refractivity contribution >= 4 is 17.7 Å². The summed E-state index contributed by atoms with van der Waals surface area (Å²) in [5.41, 5.74) is 2.38. The van der Waals surface area contributed by atoms with Crippen molar-refractivity contribution in [1.82, 2.24) is 4.90 Å². The van der Waals surface area contributed by atoms with E-state index in [0.29, 0.717) is 17.7 Å². The molecule has 4 aromatic rings. The molecular weight excluding hydrogens is 559 g/mol. The third kappa shape index (κ3) is 7.15. The van der Waals surface area contributed by atoms with Crippen LogP contribution in [-0.4, -0.2) is 46.5 Å². The first kappa shape index (κ1) is 30.9. The summed E-state index contributed by atoms with van der Waals surface area (Å²) in [5.74, 6) is -1.34. The van der Waals surface area contributed by atoms with Gasteiger partial charge in [-0.1, -0.05) is 97.1 Å². The number of carbonyl (C=O) groups excluding carboxylic acids is 1. The Morgan fingerprint density at radius 1 is 0.932 bits per heavy atom. The van der Waals surface area contributed by atoms with Crippen LogP contribution in [0.1, 0.15) is 48.4 Å². The Morgan fingerprint density at radius 3 is 2.11 bits per heavy atom. The van der Waals surface area contributed by atoms with Crippen molar-refractivity contribution in [2.24, 2.45) is 0 Å². The zero-order chi connectivity index (χ0) is 31.1. The first-order chi connectivity index (χ1) is 21.2. The lowest BCUT2D eigenvalue weighted by Gasteiger charge is -2.31. The minimum Gasteiger partial charge on any atom is -0.465 e. The summed E-state index contributed by atoms with van der Waals surface area (Å²) >= 11 is 0. The summed E-state index contributed by atoms with van der Waals surface area (Å²) in [7, 11) is 0. The molecule has 2 amide bonds. The first-order valence-corrected chi connectivity index (χ1v) is 14.7. The van der Waals surface area contributed by atoms with Crippen LogP contribution in [-0.2, 0) is 27.3 Å². The van der Waals surface area contributed by atoms with Crippen molar-refractivity contribution < 1.29 is 28.6 Å². The summed E-state index contributed by atoms with van der Waals surface area (Å²) in [6.07, 6.45) is -1.52. The molecule has 8 heteroatoms. The number of halogens is 1. The lowest BCUT2D eigenvalue weighted by atomic mass is 9.86. The summed E-state index contributed by atoms with van der Waals surface area (Å²) < 4.78 is 27.4. The third-order valence-corrected chi connectivity index (χ3v) is 8.04. The molecule has 7 nitrogen and oxygen atoms in total. The lowest BCUT2D eigenvalue weighted by Crippen LogP contribution is -2.47. The Morgan fingerprint density at radius 2 is 1.52 bits per heavy atom. The summed E-state index contributed by atoms with van der Waals surface area (Å²) in [5, 5.41) is 12.7. The molecule has 0 aliphatic carbocycles. The second-order valence-electron chi connectivity index (χ2n) is 11.4. The summed E-state index contributed by atoms with van der Waals surface area (Å²) in [6, 6.07) is 33.2. The van der Waals surface area contributed by atoms with Crippen LogP contribution in [0.15, 0.2) is 109 Å². The molecule has 0 bridgehead atoms. The number of hydrogen-bond donors (Lipinski definition) is 2. The minimum atomic E-state index is -1.09. The number of anilines is 1. The van der Waals surface area contributed by atoms with E-state index >= 15 is 4.39 Å². The average molecular weight is 597 g/mol. The van der Waals surface area contributed by atoms with Gasteiger partial charge in [-0.15, -0.1) is 0 Å². The van der Waals surface area contributed by atoms with Crippen molar-refractivity contribution in [2.45, 2.75) is 57.1 Å². The van der Waals surface area contributed by atoms with Gasteiger partial charge in [-0.25, -0.2) is 9.18 Å². The van der Waals surface area contributed by atoms with Crippen molar-refractivity contribution in [2.75, 3.05) is 11.9 Å². The van der Waals surface area contributed by atoms with Gasteiger partial charge >= 0.3 is 6.09 Å². The molecule has 2 atom stereocenters. The maximum absolute atomic E-state index is 15.3. The molecule has 4 aromatic carbocycles. The van der Waals surface area contributed by atoms with Gasteiger partial charge in [0.05, 0.1) is 19.3 Å². The van der Waals surface area contributed by atoms with Crippen LogP contribution in [0.4, 0.5) is 14.9 Å². The number of carbonyl (C=O) groups is 2. The number of rotatable bonds is 11. The molecule has 5 rings (SSSR count). The second-order valence-corrected chi connectivity index (χ2v) is 11.4. The van der Waals surface area contributed by atoms with E-state index in [1.54, 1.807) is 26.0 Å². The highest BCUT2D eigenvalue weighted by Crippen LogP contribution is 2.33. The molecule has 228 valence electrons. The maximum Gasteiger partial charge on any atom is 0.409 e. The van der Waals surface area contributed by atoms with Gasteiger partial charge in [-0.05, 0) is 55.5 Å². The molecule has 44 heavy (non-hydrogen) atoms. The van der Waals surface area contributed by atoms with Gasteiger partial charge in [0, 0.05) is 17.2 Å². The molecule has 0 radical (unpaired) electrons. The fourth-order valence-electron chi connectivity index (χ4n) is 5.87. The predicted octanol–water partition coefficient (Wildman–Crippen LogP) is 7.23. The standard InChI is InChI=1S/C36H37FN2O5/c1-36(2)39(35(41)42)28(24-44-36)21-22-29-30(37)19-12-20-31(29)38-34(40)33(43-23-25-13-6-3-7-14-25)32(26-15-8-4-9-16-26)27-17-10-5-11-18-27/h3-20,28,32-33H,21-24H2,1-2H3,(H,38,40)(H,41,42). The second kappa shape index (κ2) is 13.8. The Balaban J connectivity index is 1.44. The predicted molar refractivity (Wildman–Crippen MR) is 167 cm³/mol. The van der Waals surface area contributed by atoms with Crippen LogP contribution in [0.3, 0.4) is 0 Å². The van der Waals surface area contributed by atoms with Crippen molar-refractivity contribution in [3.8, 4) is 0 Å². The molecule has 0 spiro atoms. The third-order valence-electron chi connectivity index (χ3n) is 8.04. The molecule has 1 fully saturated rings. The van der Waals surface area contributed by atoms with E-state index in [0.717, 1.165) is 16.7 Å². The van der Waals surface area contributed by atoms with Gasteiger partial charge in [0.25, 0.3) is 5.91 Å². The quantitative estimate of drug-likeness (QED) is 0.191. The van der Waals surface area contributed by atoms with Gasteiger partial charge in [-0.3, -0.25) is 9.69 Å². The Labute approximate surface area is 257 Å². The topological polar surface area (TPSA) is 88.1 Å². The van der Waals surface area contributed by atoms with Gasteiger partial charge in [0.15, 0.2) is 0 Å². The van der Waals surface area contributed by atoms with E-state index in [1.165, 1.54) is 11.0 Å². The van der Waals surface area contributed by atoms with Gasteiger partial charge in [-0.2, -0.15) is 0 Å². The highest BCUT2D eigenvalue weighted by atomic mass is 19.1. The van der Waals surface area contributed by atoms with Crippen LogP contribution in [0.5, 0.6) is 0 Å². The fourth-order valence-corrected chi connectivity index (χ4v) is 5.87. The van der Waals surface area contributed by atoms with E-state index in [1.807, 2.05) is 91.0 Å². The highest BCUT2D eigenvalue weighted by molar-refractivity contribution is 5.96. The van der Waals surface area contributed by atoms with E-state index in [-0.39, 0.29) is 19.6 Å². The largest absolute Gasteiger partial charge is 0.465 e.